The second kappa shape index (κ2) is 8.08. The van der Waals surface area contributed by atoms with Crippen LogP contribution in [0.15, 0.2) is 41.8 Å². The fourth-order valence-corrected chi connectivity index (χ4v) is 5.41. The SMILES string of the molecule is CNC(=O)C1(Cc2ccccc2-c2cccs2)CCCN(C(=O)C2CCC2)C1. The lowest BCUT2D eigenvalue weighted by Gasteiger charge is -2.43. The lowest BCUT2D eigenvalue weighted by molar-refractivity contribution is -0.146. The van der Waals surface area contributed by atoms with E-state index in [1.165, 1.54) is 16.0 Å². The van der Waals surface area contributed by atoms with Crippen molar-refractivity contribution in [3.8, 4) is 10.4 Å². The third-order valence-corrected chi connectivity index (χ3v) is 7.29. The van der Waals surface area contributed by atoms with Crippen LogP contribution >= 0.6 is 11.3 Å². The molecule has 1 aromatic heterocycles. The van der Waals surface area contributed by atoms with E-state index in [4.69, 9.17) is 0 Å². The molecule has 4 rings (SSSR count). The molecule has 2 fully saturated rings. The van der Waals surface area contributed by atoms with E-state index in [1.54, 1.807) is 18.4 Å². The Morgan fingerprint density at radius 1 is 1.18 bits per heavy atom. The molecular formula is C23H28N2O2S. The highest BCUT2D eigenvalue weighted by atomic mass is 32.1. The van der Waals surface area contributed by atoms with Crippen LogP contribution in [-0.2, 0) is 16.0 Å². The Labute approximate surface area is 170 Å². The second-order valence-corrected chi connectivity index (χ2v) is 9.11. The predicted octanol–water partition coefficient (Wildman–Crippen LogP) is 4.11. The molecule has 2 amide bonds. The zero-order valence-corrected chi connectivity index (χ0v) is 17.3. The number of carbonyl (C=O) groups excluding carboxylic acids is 2. The van der Waals surface area contributed by atoms with Gasteiger partial charge in [-0.3, -0.25) is 9.59 Å². The minimum Gasteiger partial charge on any atom is -0.359 e. The minimum atomic E-state index is -0.556. The number of rotatable bonds is 5. The molecule has 4 nitrogen and oxygen atoms in total. The van der Waals surface area contributed by atoms with Crippen molar-refractivity contribution in [2.75, 3.05) is 20.1 Å². The fourth-order valence-electron chi connectivity index (χ4n) is 4.62. The Hall–Kier alpha value is -2.14. The van der Waals surface area contributed by atoms with Crippen LogP contribution in [0.2, 0.25) is 0 Å². The monoisotopic (exact) mass is 396 g/mol. The van der Waals surface area contributed by atoms with Gasteiger partial charge in [-0.1, -0.05) is 36.8 Å². The van der Waals surface area contributed by atoms with Crippen molar-refractivity contribution in [1.82, 2.24) is 10.2 Å². The molecule has 1 N–H and O–H groups in total. The van der Waals surface area contributed by atoms with Crippen molar-refractivity contribution in [3.05, 3.63) is 47.3 Å². The molecule has 28 heavy (non-hydrogen) atoms. The van der Waals surface area contributed by atoms with Gasteiger partial charge in [-0.2, -0.15) is 0 Å². The molecule has 0 bridgehead atoms. The van der Waals surface area contributed by atoms with Gasteiger partial charge >= 0.3 is 0 Å². The maximum absolute atomic E-state index is 13.1. The van der Waals surface area contributed by atoms with E-state index in [0.29, 0.717) is 13.0 Å². The number of amides is 2. The number of thiophene rings is 1. The van der Waals surface area contributed by atoms with Gasteiger partial charge in [0.1, 0.15) is 0 Å². The third-order valence-electron chi connectivity index (χ3n) is 6.38. The van der Waals surface area contributed by atoms with E-state index in [2.05, 4.69) is 41.0 Å². The number of likely N-dealkylation sites (tertiary alicyclic amines) is 1. The number of carbonyl (C=O) groups is 2. The Morgan fingerprint density at radius 3 is 2.68 bits per heavy atom. The Balaban J connectivity index is 1.64. The van der Waals surface area contributed by atoms with E-state index in [0.717, 1.165) is 38.6 Å². The zero-order valence-electron chi connectivity index (χ0n) is 16.4. The van der Waals surface area contributed by atoms with Gasteiger partial charge in [0.15, 0.2) is 0 Å². The summed E-state index contributed by atoms with van der Waals surface area (Å²) in [7, 11) is 1.71. The van der Waals surface area contributed by atoms with Gasteiger partial charge in [0, 0.05) is 30.9 Å². The van der Waals surface area contributed by atoms with E-state index in [9.17, 15) is 9.59 Å². The van der Waals surface area contributed by atoms with Crippen LogP contribution in [0.5, 0.6) is 0 Å². The molecule has 2 heterocycles. The molecule has 1 unspecified atom stereocenters. The van der Waals surface area contributed by atoms with Crippen molar-refractivity contribution >= 4 is 23.2 Å². The first-order chi connectivity index (χ1) is 13.6. The molecule has 0 spiro atoms. The summed E-state index contributed by atoms with van der Waals surface area (Å²) in [4.78, 5) is 29.1. The molecule has 5 heteroatoms. The maximum Gasteiger partial charge on any atom is 0.228 e. The Bertz CT molecular complexity index is 844. The Morgan fingerprint density at radius 2 is 2.00 bits per heavy atom. The molecule has 2 aliphatic rings. The van der Waals surface area contributed by atoms with Gasteiger partial charge in [0.25, 0.3) is 0 Å². The van der Waals surface area contributed by atoms with Crippen molar-refractivity contribution in [2.45, 2.75) is 38.5 Å². The number of nitrogens with one attached hydrogen (secondary N) is 1. The number of hydrogen-bond donors (Lipinski definition) is 1. The predicted molar refractivity (Wildman–Crippen MR) is 113 cm³/mol. The quantitative estimate of drug-likeness (QED) is 0.827. The van der Waals surface area contributed by atoms with E-state index in [-0.39, 0.29) is 17.7 Å². The van der Waals surface area contributed by atoms with E-state index < -0.39 is 5.41 Å². The second-order valence-electron chi connectivity index (χ2n) is 8.16. The average molecular weight is 397 g/mol. The molecule has 0 radical (unpaired) electrons. The largest absolute Gasteiger partial charge is 0.359 e. The Kier molecular flexibility index (Phi) is 5.54. The van der Waals surface area contributed by atoms with Crippen molar-refractivity contribution in [1.29, 1.82) is 0 Å². The van der Waals surface area contributed by atoms with Crippen molar-refractivity contribution in [2.24, 2.45) is 11.3 Å². The number of benzene rings is 1. The summed E-state index contributed by atoms with van der Waals surface area (Å²) in [6.07, 6.45) is 5.52. The molecule has 1 aromatic carbocycles. The molecule has 1 aliphatic carbocycles. The number of nitrogens with zero attached hydrogens (tertiary/aromatic N) is 1. The molecule has 148 valence electrons. The van der Waals surface area contributed by atoms with Crippen molar-refractivity contribution in [3.63, 3.8) is 0 Å². The molecule has 1 aliphatic heterocycles. The van der Waals surface area contributed by atoms with Crippen LogP contribution in [-0.4, -0.2) is 36.9 Å². The fraction of sp³-hybridized carbons (Fsp3) is 0.478. The van der Waals surface area contributed by atoms with E-state index >= 15 is 0 Å². The first kappa shape index (κ1) is 19.2. The summed E-state index contributed by atoms with van der Waals surface area (Å²) < 4.78 is 0. The van der Waals surface area contributed by atoms with Crippen LogP contribution in [0.3, 0.4) is 0 Å². The van der Waals surface area contributed by atoms with Gasteiger partial charge in [-0.05, 0) is 54.7 Å². The highest BCUT2D eigenvalue weighted by Crippen LogP contribution is 2.39. The number of hydrogen-bond acceptors (Lipinski definition) is 3. The summed E-state index contributed by atoms with van der Waals surface area (Å²) in [5, 5.41) is 4.98. The number of piperidine rings is 1. The van der Waals surface area contributed by atoms with Gasteiger partial charge in [-0.25, -0.2) is 0 Å². The van der Waals surface area contributed by atoms with Crippen LogP contribution in [0.25, 0.3) is 10.4 Å². The summed E-state index contributed by atoms with van der Waals surface area (Å²) in [6, 6.07) is 12.6. The topological polar surface area (TPSA) is 49.4 Å². The lowest BCUT2D eigenvalue weighted by Crippen LogP contribution is -2.55. The highest BCUT2D eigenvalue weighted by molar-refractivity contribution is 7.13. The zero-order chi connectivity index (χ0) is 19.6. The van der Waals surface area contributed by atoms with Crippen molar-refractivity contribution < 1.29 is 9.59 Å². The van der Waals surface area contributed by atoms with E-state index in [1.807, 2.05) is 11.0 Å². The average Bonchev–Trinajstić information content (AvgIpc) is 3.21. The summed E-state index contributed by atoms with van der Waals surface area (Å²) in [5.41, 5.74) is 1.83. The first-order valence-electron chi connectivity index (χ1n) is 10.3. The summed E-state index contributed by atoms with van der Waals surface area (Å²) in [5.74, 6) is 0.490. The molecule has 2 aromatic rings. The van der Waals surface area contributed by atoms with Crippen LogP contribution < -0.4 is 5.32 Å². The van der Waals surface area contributed by atoms with Crippen LogP contribution in [0.1, 0.15) is 37.7 Å². The van der Waals surface area contributed by atoms with Gasteiger partial charge in [0.05, 0.1) is 5.41 Å². The van der Waals surface area contributed by atoms with Gasteiger partial charge < -0.3 is 10.2 Å². The molecule has 1 saturated heterocycles. The lowest BCUT2D eigenvalue weighted by atomic mass is 9.72. The van der Waals surface area contributed by atoms with Crippen LogP contribution in [0.4, 0.5) is 0 Å². The van der Waals surface area contributed by atoms with Crippen LogP contribution in [0, 0.1) is 11.3 Å². The molecule has 1 saturated carbocycles. The van der Waals surface area contributed by atoms with Gasteiger partial charge in [0.2, 0.25) is 11.8 Å². The first-order valence-corrected chi connectivity index (χ1v) is 11.1. The molecular weight excluding hydrogens is 368 g/mol. The normalized spacial score (nSPS) is 22.5. The smallest absolute Gasteiger partial charge is 0.228 e. The summed E-state index contributed by atoms with van der Waals surface area (Å²) in [6.45, 7) is 1.31. The summed E-state index contributed by atoms with van der Waals surface area (Å²) >= 11 is 1.72. The van der Waals surface area contributed by atoms with Gasteiger partial charge in [-0.15, -0.1) is 11.3 Å². The highest BCUT2D eigenvalue weighted by Gasteiger charge is 2.44. The minimum absolute atomic E-state index is 0.0552. The molecule has 1 atom stereocenters. The standard InChI is InChI=1S/C23H28N2O2S/c1-24-22(27)23(12-6-13-25(16-23)21(26)17-8-4-9-17)15-18-7-2-3-10-19(18)20-11-5-14-28-20/h2-3,5,7,10-11,14,17H,4,6,8-9,12-13,15-16H2,1H3,(H,24,27). The third kappa shape index (κ3) is 3.60. The maximum atomic E-state index is 13.1.